The fourth-order valence-corrected chi connectivity index (χ4v) is 0.376. The van der Waals surface area contributed by atoms with Gasteiger partial charge in [-0.1, -0.05) is 0 Å². The summed E-state index contributed by atoms with van der Waals surface area (Å²) in [6.07, 6.45) is 3.30. The lowest BCUT2D eigenvalue weighted by molar-refractivity contribution is 1.33. The molecule has 1 rings (SSSR count). The molecule has 0 aromatic carbocycles. The summed E-state index contributed by atoms with van der Waals surface area (Å²) in [5.41, 5.74) is 6.01. The highest BCUT2D eigenvalue weighted by Crippen LogP contribution is 1.92. The Labute approximate surface area is 66.3 Å². The van der Waals surface area contributed by atoms with Gasteiger partial charge in [0.25, 0.3) is 0 Å². The molecule has 0 bridgehead atoms. The maximum absolute atomic E-state index is 5.30. The predicted molar refractivity (Wildman–Crippen MR) is 43.1 cm³/mol. The number of rotatable bonds is 0. The summed E-state index contributed by atoms with van der Waals surface area (Å²) in [4.78, 5) is 3.76. The van der Waals surface area contributed by atoms with Crippen LogP contribution in [0.4, 0.5) is 5.69 Å². The molecule has 9 heavy (non-hydrogen) atoms. The molecule has 2 nitrogen and oxygen atoms in total. The van der Waals surface area contributed by atoms with E-state index in [0.717, 1.165) is 0 Å². The second-order valence-electron chi connectivity index (χ2n) is 1.29. The van der Waals surface area contributed by atoms with Crippen LogP contribution in [0.3, 0.4) is 0 Å². The molecule has 0 saturated carbocycles. The molecule has 0 saturated heterocycles. The third-order valence-electron chi connectivity index (χ3n) is 0.684. The maximum atomic E-state index is 5.30. The molecule has 0 amide bonds. The molecule has 1 aromatic rings. The van der Waals surface area contributed by atoms with Crippen molar-refractivity contribution in [2.24, 2.45) is 0 Å². The summed E-state index contributed by atoms with van der Waals surface area (Å²) in [5, 5.41) is 0. The lowest BCUT2D eigenvalue weighted by atomic mass is 10.4. The molecule has 1 aromatic heterocycles. The van der Waals surface area contributed by atoms with Crippen molar-refractivity contribution in [2.75, 3.05) is 5.73 Å². The highest BCUT2D eigenvalue weighted by molar-refractivity contribution is 5.85. The molecule has 0 fully saturated rings. The van der Waals surface area contributed by atoms with E-state index in [2.05, 4.69) is 4.98 Å². The highest BCUT2D eigenvalue weighted by Gasteiger charge is 1.73. The zero-order valence-electron chi connectivity index (χ0n) is 4.65. The molecule has 0 aliphatic heterocycles. The molecule has 0 spiro atoms. The third kappa shape index (κ3) is 4.06. The molecule has 0 aliphatic rings. The van der Waals surface area contributed by atoms with Gasteiger partial charge in [0.2, 0.25) is 0 Å². The average molecular weight is 167 g/mol. The van der Waals surface area contributed by atoms with Gasteiger partial charge in [-0.25, -0.2) is 0 Å². The molecule has 0 atom stereocenters. The summed E-state index contributed by atoms with van der Waals surface area (Å²) in [6.45, 7) is 0. The number of nitrogen functional groups attached to an aromatic ring is 1. The number of halogens is 2. The Kier molecular flexibility index (Phi) is 7.14. The summed E-state index contributed by atoms with van der Waals surface area (Å²) in [7, 11) is 0. The van der Waals surface area contributed by atoms with E-state index in [1.807, 2.05) is 0 Å². The van der Waals surface area contributed by atoms with Gasteiger partial charge in [-0.15, -0.1) is 24.8 Å². The quantitative estimate of drug-likeness (QED) is 0.635. The summed E-state index contributed by atoms with van der Waals surface area (Å²) in [6, 6.07) is 3.60. The first-order chi connectivity index (χ1) is 3.39. The first kappa shape index (κ1) is 11.3. The number of hydrogen-bond acceptors (Lipinski definition) is 2. The Morgan fingerprint density at radius 3 is 2.22 bits per heavy atom. The Morgan fingerprint density at radius 1 is 1.33 bits per heavy atom. The van der Waals surface area contributed by atoms with E-state index in [4.69, 9.17) is 5.73 Å². The van der Waals surface area contributed by atoms with E-state index >= 15 is 0 Å². The largest absolute Gasteiger partial charge is 0.397 e. The van der Waals surface area contributed by atoms with Crippen LogP contribution in [0.15, 0.2) is 24.5 Å². The Bertz CT molecular complexity index is 143. The monoisotopic (exact) mass is 166 g/mol. The van der Waals surface area contributed by atoms with Crippen molar-refractivity contribution < 1.29 is 0 Å². The van der Waals surface area contributed by atoms with Gasteiger partial charge in [0.05, 0.1) is 5.69 Å². The van der Waals surface area contributed by atoms with Gasteiger partial charge < -0.3 is 5.73 Å². The molecular formula is C5H8Cl2N2. The van der Waals surface area contributed by atoms with Crippen molar-refractivity contribution in [3.63, 3.8) is 0 Å². The van der Waals surface area contributed by atoms with Gasteiger partial charge in [0.15, 0.2) is 0 Å². The van der Waals surface area contributed by atoms with Crippen molar-refractivity contribution >= 4 is 30.5 Å². The van der Waals surface area contributed by atoms with Gasteiger partial charge in [-0.05, 0) is 12.1 Å². The minimum absolute atomic E-state index is 0. The van der Waals surface area contributed by atoms with Crippen LogP contribution < -0.4 is 5.73 Å². The van der Waals surface area contributed by atoms with Crippen LogP contribution in [0.25, 0.3) is 0 Å². The number of nitrogens with zero attached hydrogens (tertiary/aromatic N) is 1. The van der Waals surface area contributed by atoms with Crippen LogP contribution in [0.5, 0.6) is 0 Å². The SMILES string of the molecule is Cl.Cl.Nc1cccnc1. The number of aromatic nitrogens is 1. The predicted octanol–water partition coefficient (Wildman–Crippen LogP) is 1.51. The van der Waals surface area contributed by atoms with E-state index in [-0.39, 0.29) is 24.8 Å². The fourth-order valence-electron chi connectivity index (χ4n) is 0.376. The number of hydrogen-bond donors (Lipinski definition) is 1. The van der Waals surface area contributed by atoms with Crippen LogP contribution in [0.1, 0.15) is 0 Å². The van der Waals surface area contributed by atoms with Crippen LogP contribution in [-0.4, -0.2) is 4.98 Å². The van der Waals surface area contributed by atoms with Gasteiger partial charge in [-0.3, -0.25) is 4.98 Å². The third-order valence-corrected chi connectivity index (χ3v) is 0.684. The Hall–Kier alpha value is -0.470. The van der Waals surface area contributed by atoms with E-state index < -0.39 is 0 Å². The molecular weight excluding hydrogens is 159 g/mol. The maximum Gasteiger partial charge on any atom is 0.0500 e. The van der Waals surface area contributed by atoms with Gasteiger partial charge in [0.1, 0.15) is 0 Å². The minimum Gasteiger partial charge on any atom is -0.397 e. The van der Waals surface area contributed by atoms with E-state index in [9.17, 15) is 0 Å². The van der Waals surface area contributed by atoms with Crippen molar-refractivity contribution in [1.82, 2.24) is 4.98 Å². The zero-order chi connectivity index (χ0) is 5.11. The summed E-state index contributed by atoms with van der Waals surface area (Å²) >= 11 is 0. The smallest absolute Gasteiger partial charge is 0.0500 e. The van der Waals surface area contributed by atoms with Crippen LogP contribution in [0.2, 0.25) is 0 Å². The van der Waals surface area contributed by atoms with Gasteiger partial charge in [0, 0.05) is 12.4 Å². The summed E-state index contributed by atoms with van der Waals surface area (Å²) < 4.78 is 0. The molecule has 0 unspecified atom stereocenters. The average Bonchev–Trinajstić information content (AvgIpc) is 1.69. The van der Waals surface area contributed by atoms with Gasteiger partial charge in [-0.2, -0.15) is 0 Å². The Morgan fingerprint density at radius 2 is 2.00 bits per heavy atom. The van der Waals surface area contributed by atoms with Crippen LogP contribution in [0, 0.1) is 0 Å². The van der Waals surface area contributed by atoms with Crippen molar-refractivity contribution in [1.29, 1.82) is 0 Å². The molecule has 2 N–H and O–H groups in total. The first-order valence-corrected chi connectivity index (χ1v) is 2.05. The topological polar surface area (TPSA) is 38.9 Å². The zero-order valence-corrected chi connectivity index (χ0v) is 6.28. The van der Waals surface area contributed by atoms with Gasteiger partial charge >= 0.3 is 0 Å². The molecule has 4 heteroatoms. The standard InChI is InChI=1S/C5H6N2.2ClH/c6-5-2-1-3-7-4-5;;/h1-4H,6H2;2*1H. The molecule has 1 heterocycles. The highest BCUT2D eigenvalue weighted by atomic mass is 35.5. The van der Waals surface area contributed by atoms with Crippen LogP contribution >= 0.6 is 24.8 Å². The number of anilines is 1. The van der Waals surface area contributed by atoms with Crippen molar-refractivity contribution in [3.05, 3.63) is 24.5 Å². The number of pyridine rings is 1. The van der Waals surface area contributed by atoms with E-state index in [0.29, 0.717) is 5.69 Å². The second-order valence-corrected chi connectivity index (χ2v) is 1.29. The van der Waals surface area contributed by atoms with E-state index in [1.54, 1.807) is 24.5 Å². The van der Waals surface area contributed by atoms with Crippen molar-refractivity contribution in [3.8, 4) is 0 Å². The first-order valence-electron chi connectivity index (χ1n) is 2.05. The van der Waals surface area contributed by atoms with E-state index in [1.165, 1.54) is 0 Å². The summed E-state index contributed by atoms with van der Waals surface area (Å²) in [5.74, 6) is 0. The fraction of sp³-hybridized carbons (Fsp3) is 0. The number of nitrogens with two attached hydrogens (primary N) is 1. The van der Waals surface area contributed by atoms with Crippen molar-refractivity contribution in [2.45, 2.75) is 0 Å². The molecule has 0 aliphatic carbocycles. The Balaban J connectivity index is 0. The normalized spacial score (nSPS) is 6.67. The molecule has 0 radical (unpaired) electrons. The minimum atomic E-state index is 0. The van der Waals surface area contributed by atoms with Crippen LogP contribution in [-0.2, 0) is 0 Å². The second kappa shape index (κ2) is 5.66. The molecule has 52 valence electrons. The lowest BCUT2D eigenvalue weighted by Gasteiger charge is -1.83. The lowest BCUT2D eigenvalue weighted by Crippen LogP contribution is -1.82.